The minimum Gasteiger partial charge on any atom is -0.491 e. The summed E-state index contributed by atoms with van der Waals surface area (Å²) in [5.74, 6) is -0.476. The minimum atomic E-state index is -4.79. The molecule has 174 valence electrons. The second kappa shape index (κ2) is 8.24. The van der Waals surface area contributed by atoms with Crippen LogP contribution < -0.4 is 9.47 Å². The minimum absolute atomic E-state index is 0.104. The van der Waals surface area contributed by atoms with Gasteiger partial charge in [0.1, 0.15) is 23.0 Å². The van der Waals surface area contributed by atoms with Crippen LogP contribution >= 0.6 is 0 Å². The number of hydrogen-bond donors (Lipinski definition) is 1. The largest absolute Gasteiger partial charge is 0.573 e. The molecule has 0 saturated carbocycles. The molecule has 5 rings (SSSR count). The molecule has 0 radical (unpaired) electrons. The van der Waals surface area contributed by atoms with Crippen LogP contribution in [-0.2, 0) is 6.42 Å². The smallest absolute Gasteiger partial charge is 0.491 e. The first-order valence-electron chi connectivity index (χ1n) is 10.8. The van der Waals surface area contributed by atoms with Crippen LogP contribution in [0.3, 0.4) is 0 Å². The normalized spacial score (nSPS) is 17.0. The van der Waals surface area contributed by atoms with Gasteiger partial charge in [-0.05, 0) is 55.9 Å². The van der Waals surface area contributed by atoms with Crippen molar-refractivity contribution in [1.82, 2.24) is 14.9 Å². The molecular weight excluding hydrogens is 442 g/mol. The third kappa shape index (κ3) is 4.21. The van der Waals surface area contributed by atoms with E-state index in [0.29, 0.717) is 54.9 Å². The number of likely N-dealkylation sites (tertiary alicyclic amines) is 1. The SMILES string of the molecule is O=C(c1ccc(OC(F)(F)F)cc1)N1CCC(c2c(F)cnc3[nH]c4c(c23)OCCC4)CC1. The highest BCUT2D eigenvalue weighted by atomic mass is 19.4. The Bertz CT molecular complexity index is 1180. The van der Waals surface area contributed by atoms with E-state index in [1.54, 1.807) is 4.90 Å². The maximum absolute atomic E-state index is 14.9. The van der Waals surface area contributed by atoms with Crippen molar-refractivity contribution in [2.24, 2.45) is 0 Å². The summed E-state index contributed by atoms with van der Waals surface area (Å²) in [6.07, 6.45) is -0.742. The molecule has 6 nitrogen and oxygen atoms in total. The number of piperidine rings is 1. The number of halogens is 4. The van der Waals surface area contributed by atoms with E-state index in [4.69, 9.17) is 4.74 Å². The highest BCUT2D eigenvalue weighted by Crippen LogP contribution is 2.41. The molecule has 1 fully saturated rings. The first-order valence-corrected chi connectivity index (χ1v) is 10.8. The number of rotatable bonds is 3. The van der Waals surface area contributed by atoms with E-state index in [1.165, 1.54) is 18.3 Å². The summed E-state index contributed by atoms with van der Waals surface area (Å²) in [6, 6.07) is 4.85. The molecule has 1 N–H and O–H groups in total. The Hall–Kier alpha value is -3.30. The van der Waals surface area contributed by atoms with Gasteiger partial charge in [-0.2, -0.15) is 0 Å². The van der Waals surface area contributed by atoms with Crippen LogP contribution in [0.4, 0.5) is 17.6 Å². The third-order valence-electron chi connectivity index (χ3n) is 6.18. The molecule has 2 aromatic heterocycles. The van der Waals surface area contributed by atoms with Gasteiger partial charge in [-0.3, -0.25) is 4.79 Å². The maximum Gasteiger partial charge on any atom is 0.573 e. The van der Waals surface area contributed by atoms with Gasteiger partial charge in [-0.25, -0.2) is 9.37 Å². The lowest BCUT2D eigenvalue weighted by Crippen LogP contribution is -2.38. The Morgan fingerprint density at radius 1 is 1.18 bits per heavy atom. The molecule has 4 heterocycles. The van der Waals surface area contributed by atoms with E-state index in [2.05, 4.69) is 14.7 Å². The van der Waals surface area contributed by atoms with Crippen LogP contribution in [0.25, 0.3) is 11.0 Å². The fraction of sp³-hybridized carbons (Fsp3) is 0.391. The Balaban J connectivity index is 1.31. The van der Waals surface area contributed by atoms with Crippen LogP contribution in [0.2, 0.25) is 0 Å². The van der Waals surface area contributed by atoms with Gasteiger partial charge < -0.3 is 19.4 Å². The number of nitrogens with one attached hydrogen (secondary N) is 1. The topological polar surface area (TPSA) is 67.5 Å². The molecule has 3 aromatic rings. The number of ether oxygens (including phenoxy) is 2. The number of benzene rings is 1. The molecule has 0 spiro atoms. The highest BCUT2D eigenvalue weighted by Gasteiger charge is 2.32. The number of amides is 1. The number of alkyl halides is 3. The molecule has 2 aliphatic rings. The van der Waals surface area contributed by atoms with Gasteiger partial charge in [-0.15, -0.1) is 13.2 Å². The number of aromatic amines is 1. The first-order chi connectivity index (χ1) is 15.8. The number of aromatic nitrogens is 2. The molecule has 33 heavy (non-hydrogen) atoms. The molecule has 1 amide bonds. The van der Waals surface area contributed by atoms with Crippen molar-refractivity contribution >= 4 is 16.9 Å². The zero-order valence-corrected chi connectivity index (χ0v) is 17.5. The summed E-state index contributed by atoms with van der Waals surface area (Å²) in [4.78, 5) is 21.9. The van der Waals surface area contributed by atoms with Gasteiger partial charge in [0.2, 0.25) is 0 Å². The highest BCUT2D eigenvalue weighted by molar-refractivity contribution is 5.94. The Morgan fingerprint density at radius 3 is 2.61 bits per heavy atom. The number of pyridine rings is 1. The van der Waals surface area contributed by atoms with Crippen molar-refractivity contribution in [2.45, 2.75) is 38.0 Å². The lowest BCUT2D eigenvalue weighted by molar-refractivity contribution is -0.274. The lowest BCUT2D eigenvalue weighted by Gasteiger charge is -2.32. The van der Waals surface area contributed by atoms with Crippen LogP contribution in [-0.4, -0.2) is 46.8 Å². The molecule has 10 heteroatoms. The van der Waals surface area contributed by atoms with Gasteiger partial charge in [0.05, 0.1) is 23.9 Å². The van der Waals surface area contributed by atoms with Crippen LogP contribution in [0.15, 0.2) is 30.5 Å². The second-order valence-corrected chi connectivity index (χ2v) is 8.27. The van der Waals surface area contributed by atoms with Gasteiger partial charge in [0.25, 0.3) is 5.91 Å². The first kappa shape index (κ1) is 21.5. The van der Waals surface area contributed by atoms with E-state index < -0.39 is 6.36 Å². The van der Waals surface area contributed by atoms with Crippen molar-refractivity contribution in [1.29, 1.82) is 0 Å². The van der Waals surface area contributed by atoms with Crippen molar-refractivity contribution < 1.29 is 31.8 Å². The second-order valence-electron chi connectivity index (χ2n) is 8.27. The number of carbonyl (C=O) groups excluding carboxylic acids is 1. The molecule has 0 aliphatic carbocycles. The van der Waals surface area contributed by atoms with Crippen molar-refractivity contribution in [3.63, 3.8) is 0 Å². The summed E-state index contributed by atoms with van der Waals surface area (Å²) in [7, 11) is 0. The maximum atomic E-state index is 14.9. The summed E-state index contributed by atoms with van der Waals surface area (Å²) < 4.78 is 61.6. The zero-order valence-electron chi connectivity index (χ0n) is 17.5. The Morgan fingerprint density at radius 2 is 1.91 bits per heavy atom. The fourth-order valence-electron chi connectivity index (χ4n) is 4.69. The number of aryl methyl sites for hydroxylation is 1. The third-order valence-corrected chi connectivity index (χ3v) is 6.18. The van der Waals surface area contributed by atoms with Crippen LogP contribution in [0, 0.1) is 5.82 Å². The van der Waals surface area contributed by atoms with E-state index in [9.17, 15) is 22.4 Å². The number of hydrogen-bond acceptors (Lipinski definition) is 4. The summed E-state index contributed by atoms with van der Waals surface area (Å²) in [6.45, 7) is 1.39. The van der Waals surface area contributed by atoms with E-state index >= 15 is 0 Å². The van der Waals surface area contributed by atoms with Gasteiger partial charge in [0, 0.05) is 24.2 Å². The predicted molar refractivity (Wildman–Crippen MR) is 111 cm³/mol. The predicted octanol–water partition coefficient (Wildman–Crippen LogP) is 4.95. The van der Waals surface area contributed by atoms with Gasteiger partial charge in [0.15, 0.2) is 0 Å². The van der Waals surface area contributed by atoms with Gasteiger partial charge in [-0.1, -0.05) is 0 Å². The Labute approximate surface area is 186 Å². The Kier molecular flexibility index (Phi) is 5.38. The average molecular weight is 463 g/mol. The van der Waals surface area contributed by atoms with E-state index in [1.807, 2.05) is 0 Å². The molecule has 0 unspecified atom stereocenters. The number of nitrogens with zero attached hydrogens (tertiary/aromatic N) is 2. The fourth-order valence-corrected chi connectivity index (χ4v) is 4.69. The average Bonchev–Trinajstić information content (AvgIpc) is 3.17. The summed E-state index contributed by atoms with van der Waals surface area (Å²) in [5.41, 5.74) is 2.38. The number of fused-ring (bicyclic) bond motifs is 3. The van der Waals surface area contributed by atoms with E-state index in [-0.39, 0.29) is 29.0 Å². The molecule has 1 aromatic carbocycles. The molecule has 0 atom stereocenters. The quantitative estimate of drug-likeness (QED) is 0.559. The lowest BCUT2D eigenvalue weighted by atomic mass is 9.87. The van der Waals surface area contributed by atoms with Crippen LogP contribution in [0.5, 0.6) is 11.5 Å². The standard InChI is InChI=1S/C23H21F4N3O3/c24-16-12-28-21-19(20-17(29-21)2-1-11-32-20)18(16)13-7-9-30(10-8-13)22(31)14-3-5-15(6-4-14)33-23(25,26)27/h3-6,12-13H,1-2,7-11H2,(H,28,29). The van der Waals surface area contributed by atoms with E-state index in [0.717, 1.165) is 30.7 Å². The van der Waals surface area contributed by atoms with Crippen LogP contribution in [0.1, 0.15) is 46.8 Å². The zero-order chi connectivity index (χ0) is 23.2. The monoisotopic (exact) mass is 463 g/mol. The number of H-pyrrole nitrogens is 1. The molecule has 2 aliphatic heterocycles. The summed E-state index contributed by atoms with van der Waals surface area (Å²) >= 11 is 0. The molecule has 0 bridgehead atoms. The summed E-state index contributed by atoms with van der Waals surface area (Å²) in [5, 5.41) is 0.690. The van der Waals surface area contributed by atoms with Crippen molar-refractivity contribution in [3.05, 3.63) is 53.1 Å². The van der Waals surface area contributed by atoms with Crippen molar-refractivity contribution in [3.8, 4) is 11.5 Å². The van der Waals surface area contributed by atoms with Crippen molar-refractivity contribution in [2.75, 3.05) is 19.7 Å². The molecular formula is C23H21F4N3O3. The van der Waals surface area contributed by atoms with Gasteiger partial charge >= 0.3 is 6.36 Å². The number of carbonyl (C=O) groups is 1. The molecule has 1 saturated heterocycles.